The van der Waals surface area contributed by atoms with E-state index in [4.69, 9.17) is 19.9 Å². The fourth-order valence-electron chi connectivity index (χ4n) is 2.79. The van der Waals surface area contributed by atoms with E-state index in [2.05, 4.69) is 27.7 Å². The average molecular weight is 279 g/mol. The maximum atomic E-state index is 6.15. The fraction of sp³-hybridized carbons (Fsp3) is 0.625. The van der Waals surface area contributed by atoms with E-state index in [1.54, 1.807) is 7.11 Å². The van der Waals surface area contributed by atoms with E-state index in [-0.39, 0.29) is 17.3 Å². The van der Waals surface area contributed by atoms with Crippen molar-refractivity contribution in [2.24, 2.45) is 5.73 Å². The van der Waals surface area contributed by atoms with Gasteiger partial charge in [-0.25, -0.2) is 0 Å². The van der Waals surface area contributed by atoms with Crippen molar-refractivity contribution >= 4 is 0 Å². The summed E-state index contributed by atoms with van der Waals surface area (Å²) in [7, 11) is 1.64. The van der Waals surface area contributed by atoms with Crippen molar-refractivity contribution in [1.29, 1.82) is 0 Å². The molecule has 1 saturated heterocycles. The quantitative estimate of drug-likeness (QED) is 0.920. The highest BCUT2D eigenvalue weighted by Gasteiger charge is 2.47. The molecule has 1 atom stereocenters. The van der Waals surface area contributed by atoms with Crippen LogP contribution in [0.5, 0.6) is 11.5 Å². The Balaban J connectivity index is 2.21. The maximum absolute atomic E-state index is 6.15. The molecule has 1 aromatic rings. The number of methoxy groups -OCH3 is 1. The first kappa shape index (κ1) is 15.1. The maximum Gasteiger partial charge on any atom is 0.130 e. The SMILES string of the molecule is COc1cc(CN)cc(OC2CC(C)(C)OC2(C)C)c1. The summed E-state index contributed by atoms with van der Waals surface area (Å²) in [6.45, 7) is 8.78. The number of nitrogens with two attached hydrogens (primary N) is 1. The molecule has 112 valence electrons. The van der Waals surface area contributed by atoms with E-state index < -0.39 is 0 Å². The molecular weight excluding hydrogens is 254 g/mol. The number of hydrogen-bond donors (Lipinski definition) is 1. The Kier molecular flexibility index (Phi) is 3.98. The van der Waals surface area contributed by atoms with Gasteiger partial charge in [0.05, 0.1) is 12.7 Å². The van der Waals surface area contributed by atoms with Gasteiger partial charge in [0.15, 0.2) is 0 Å². The van der Waals surface area contributed by atoms with Crippen LogP contribution < -0.4 is 15.2 Å². The minimum Gasteiger partial charge on any atom is -0.497 e. The highest BCUT2D eigenvalue weighted by molar-refractivity contribution is 5.38. The van der Waals surface area contributed by atoms with Crippen molar-refractivity contribution in [3.05, 3.63) is 23.8 Å². The van der Waals surface area contributed by atoms with Crippen LogP contribution in [0.15, 0.2) is 18.2 Å². The number of ether oxygens (including phenoxy) is 3. The Labute approximate surface area is 121 Å². The van der Waals surface area contributed by atoms with Gasteiger partial charge in [-0.15, -0.1) is 0 Å². The van der Waals surface area contributed by atoms with Crippen LogP contribution in [0.2, 0.25) is 0 Å². The largest absolute Gasteiger partial charge is 0.497 e. The lowest BCUT2D eigenvalue weighted by atomic mass is 9.97. The van der Waals surface area contributed by atoms with E-state index >= 15 is 0 Å². The molecule has 2 rings (SSSR count). The van der Waals surface area contributed by atoms with Gasteiger partial charge in [0.2, 0.25) is 0 Å². The van der Waals surface area contributed by atoms with Gasteiger partial charge in [0, 0.05) is 19.0 Å². The van der Waals surface area contributed by atoms with Crippen LogP contribution in [0.4, 0.5) is 0 Å². The van der Waals surface area contributed by atoms with Crippen molar-refractivity contribution < 1.29 is 14.2 Å². The average Bonchev–Trinajstić information content (AvgIpc) is 2.56. The van der Waals surface area contributed by atoms with Crippen molar-refractivity contribution in [2.45, 2.75) is 58.0 Å². The molecule has 4 nitrogen and oxygen atoms in total. The minimum atomic E-state index is -0.310. The summed E-state index contributed by atoms with van der Waals surface area (Å²) in [6, 6.07) is 5.78. The Hall–Kier alpha value is -1.26. The van der Waals surface area contributed by atoms with Crippen LogP contribution in [0.1, 0.15) is 39.7 Å². The monoisotopic (exact) mass is 279 g/mol. The second-order valence-electron chi connectivity index (χ2n) is 6.50. The van der Waals surface area contributed by atoms with Crippen LogP contribution in [0.3, 0.4) is 0 Å². The van der Waals surface area contributed by atoms with Crippen molar-refractivity contribution in [2.75, 3.05) is 7.11 Å². The number of benzene rings is 1. The molecule has 0 bridgehead atoms. The summed E-state index contributed by atoms with van der Waals surface area (Å²) in [4.78, 5) is 0. The molecule has 0 radical (unpaired) electrons. The standard InChI is InChI=1S/C16H25NO3/c1-15(2)9-14(16(3,4)20-15)19-13-7-11(10-17)6-12(8-13)18-5/h6-8,14H,9-10,17H2,1-5H3. The van der Waals surface area contributed by atoms with Gasteiger partial charge in [-0.3, -0.25) is 0 Å². The zero-order valence-electron chi connectivity index (χ0n) is 13.0. The third kappa shape index (κ3) is 3.25. The van der Waals surface area contributed by atoms with Crippen LogP contribution in [-0.4, -0.2) is 24.4 Å². The molecule has 1 aromatic carbocycles. The van der Waals surface area contributed by atoms with Gasteiger partial charge in [-0.2, -0.15) is 0 Å². The lowest BCUT2D eigenvalue weighted by molar-refractivity contribution is -0.0846. The highest BCUT2D eigenvalue weighted by Crippen LogP contribution is 2.40. The third-order valence-electron chi connectivity index (χ3n) is 3.68. The van der Waals surface area contributed by atoms with Gasteiger partial charge in [-0.05, 0) is 45.4 Å². The fourth-order valence-corrected chi connectivity index (χ4v) is 2.79. The predicted molar refractivity (Wildman–Crippen MR) is 79.2 cm³/mol. The Morgan fingerprint density at radius 3 is 2.35 bits per heavy atom. The van der Waals surface area contributed by atoms with Crippen molar-refractivity contribution in [3.63, 3.8) is 0 Å². The van der Waals surface area contributed by atoms with Crippen LogP contribution in [-0.2, 0) is 11.3 Å². The Morgan fingerprint density at radius 1 is 1.20 bits per heavy atom. The lowest BCUT2D eigenvalue weighted by Gasteiger charge is -2.27. The van der Waals surface area contributed by atoms with E-state index in [0.29, 0.717) is 6.54 Å². The Bertz CT molecular complexity index is 460. The molecule has 1 aliphatic heterocycles. The van der Waals surface area contributed by atoms with Crippen molar-refractivity contribution in [3.8, 4) is 11.5 Å². The molecule has 1 fully saturated rings. The normalized spacial score (nSPS) is 23.6. The second-order valence-corrected chi connectivity index (χ2v) is 6.50. The van der Waals surface area contributed by atoms with Crippen LogP contribution in [0.25, 0.3) is 0 Å². The van der Waals surface area contributed by atoms with Gasteiger partial charge >= 0.3 is 0 Å². The van der Waals surface area contributed by atoms with E-state index in [9.17, 15) is 0 Å². The molecule has 1 unspecified atom stereocenters. The summed E-state index contributed by atoms with van der Waals surface area (Å²) in [5.74, 6) is 1.54. The van der Waals surface area contributed by atoms with Gasteiger partial charge in [-0.1, -0.05) is 0 Å². The third-order valence-corrected chi connectivity index (χ3v) is 3.68. The molecule has 1 heterocycles. The number of rotatable bonds is 4. The van der Waals surface area contributed by atoms with Crippen LogP contribution >= 0.6 is 0 Å². The molecule has 0 aromatic heterocycles. The molecule has 20 heavy (non-hydrogen) atoms. The first-order valence-corrected chi connectivity index (χ1v) is 7.00. The van der Waals surface area contributed by atoms with Gasteiger partial charge < -0.3 is 19.9 Å². The zero-order chi connectivity index (χ0) is 15.0. The lowest BCUT2D eigenvalue weighted by Crippen LogP contribution is -2.36. The van der Waals surface area contributed by atoms with Crippen LogP contribution in [0, 0.1) is 0 Å². The first-order valence-electron chi connectivity index (χ1n) is 7.00. The predicted octanol–water partition coefficient (Wildman–Crippen LogP) is 2.88. The molecule has 4 heteroatoms. The molecule has 0 saturated carbocycles. The smallest absolute Gasteiger partial charge is 0.130 e. The minimum absolute atomic E-state index is 0.00947. The van der Waals surface area contributed by atoms with Crippen molar-refractivity contribution in [1.82, 2.24) is 0 Å². The molecule has 1 aliphatic rings. The summed E-state index contributed by atoms with van der Waals surface area (Å²) in [5, 5.41) is 0. The molecular formula is C16H25NO3. The molecule has 0 amide bonds. The summed E-state index contributed by atoms with van der Waals surface area (Å²) >= 11 is 0. The summed E-state index contributed by atoms with van der Waals surface area (Å²) in [5.41, 5.74) is 6.23. The Morgan fingerprint density at radius 2 is 1.85 bits per heavy atom. The summed E-state index contributed by atoms with van der Waals surface area (Å²) in [6.07, 6.45) is 0.866. The topological polar surface area (TPSA) is 53.7 Å². The molecule has 0 spiro atoms. The van der Waals surface area contributed by atoms with Gasteiger partial charge in [0.1, 0.15) is 23.2 Å². The van der Waals surface area contributed by atoms with E-state index in [0.717, 1.165) is 23.5 Å². The van der Waals surface area contributed by atoms with E-state index in [1.807, 2.05) is 18.2 Å². The highest BCUT2D eigenvalue weighted by atomic mass is 16.6. The molecule has 0 aliphatic carbocycles. The number of hydrogen-bond acceptors (Lipinski definition) is 4. The van der Waals surface area contributed by atoms with E-state index in [1.165, 1.54) is 0 Å². The second kappa shape index (κ2) is 5.26. The first-order chi connectivity index (χ1) is 9.25. The van der Waals surface area contributed by atoms with Gasteiger partial charge in [0.25, 0.3) is 0 Å². The molecule has 2 N–H and O–H groups in total. The zero-order valence-corrected chi connectivity index (χ0v) is 13.0. The summed E-state index contributed by atoms with van der Waals surface area (Å²) < 4.78 is 17.5.